The summed E-state index contributed by atoms with van der Waals surface area (Å²) in [4.78, 5) is 2.54. The summed E-state index contributed by atoms with van der Waals surface area (Å²) in [5, 5.41) is 0. The topological polar surface area (TPSA) is 29.3 Å². The fourth-order valence-electron chi connectivity index (χ4n) is 3.57. The van der Waals surface area contributed by atoms with Crippen molar-refractivity contribution in [3.05, 3.63) is 59.7 Å². The molecule has 1 unspecified atom stereocenters. The Hall–Kier alpha value is -1.35. The van der Waals surface area contributed by atoms with Gasteiger partial charge in [0.15, 0.2) is 0 Å². The Bertz CT molecular complexity index is 580. The molecule has 2 N–H and O–H groups in total. The van der Waals surface area contributed by atoms with Crippen molar-refractivity contribution < 1.29 is 0 Å². The van der Waals surface area contributed by atoms with Gasteiger partial charge in [0.05, 0.1) is 6.04 Å². The van der Waals surface area contributed by atoms with E-state index >= 15 is 0 Å². The van der Waals surface area contributed by atoms with Gasteiger partial charge >= 0.3 is 0 Å². The summed E-state index contributed by atoms with van der Waals surface area (Å²) in [7, 11) is 0. The highest BCUT2D eigenvalue weighted by Gasteiger charge is 2.35. The van der Waals surface area contributed by atoms with E-state index in [0.717, 1.165) is 19.5 Å². The van der Waals surface area contributed by atoms with Crippen LogP contribution in [-0.2, 0) is 0 Å². The molecule has 1 fully saturated rings. The molecule has 4 rings (SSSR count). The van der Waals surface area contributed by atoms with Gasteiger partial charge in [-0.15, -0.1) is 12.4 Å². The molecule has 2 aromatic carbocycles. The number of nitrogens with two attached hydrogens (primary N) is 1. The van der Waals surface area contributed by atoms with Crippen molar-refractivity contribution in [3.8, 4) is 11.1 Å². The van der Waals surface area contributed by atoms with Crippen molar-refractivity contribution in [1.29, 1.82) is 0 Å². The molecule has 3 heteroatoms. The van der Waals surface area contributed by atoms with Gasteiger partial charge in [-0.2, -0.15) is 0 Å². The third-order valence-corrected chi connectivity index (χ3v) is 4.42. The third kappa shape index (κ3) is 1.96. The van der Waals surface area contributed by atoms with E-state index in [1.165, 1.54) is 22.3 Å². The lowest BCUT2D eigenvalue weighted by molar-refractivity contribution is 0.282. The summed E-state index contributed by atoms with van der Waals surface area (Å²) in [6, 6.07) is 18.3. The first kappa shape index (κ1) is 13.6. The van der Waals surface area contributed by atoms with Crippen LogP contribution in [0.5, 0.6) is 0 Å². The van der Waals surface area contributed by atoms with E-state index in [0.29, 0.717) is 12.1 Å². The molecule has 0 spiro atoms. The number of hydrogen-bond acceptors (Lipinski definition) is 2. The molecule has 1 aliphatic heterocycles. The van der Waals surface area contributed by atoms with Crippen LogP contribution in [-0.4, -0.2) is 24.0 Å². The second-order valence-corrected chi connectivity index (χ2v) is 5.62. The van der Waals surface area contributed by atoms with Gasteiger partial charge in [0.2, 0.25) is 0 Å². The molecular formula is C17H19ClN2. The van der Waals surface area contributed by atoms with Gasteiger partial charge in [-0.3, -0.25) is 4.90 Å². The number of nitrogens with zero attached hydrogens (tertiary/aromatic N) is 1. The van der Waals surface area contributed by atoms with Gasteiger partial charge in [-0.25, -0.2) is 0 Å². The van der Waals surface area contributed by atoms with E-state index in [1.54, 1.807) is 0 Å². The van der Waals surface area contributed by atoms with Crippen molar-refractivity contribution in [3.63, 3.8) is 0 Å². The molecule has 0 bridgehead atoms. The van der Waals surface area contributed by atoms with Crippen LogP contribution < -0.4 is 5.73 Å². The quantitative estimate of drug-likeness (QED) is 0.872. The van der Waals surface area contributed by atoms with Crippen LogP contribution in [0.2, 0.25) is 0 Å². The van der Waals surface area contributed by atoms with Gasteiger partial charge in [0.25, 0.3) is 0 Å². The van der Waals surface area contributed by atoms with Gasteiger partial charge in [0.1, 0.15) is 0 Å². The standard InChI is InChI=1S/C17H18N2.ClH/c18-12-9-10-19(11-12)17-15-7-3-1-5-13(15)14-6-2-4-8-16(14)17;/h1-8,12,17H,9-11,18H2;1H. The summed E-state index contributed by atoms with van der Waals surface area (Å²) in [5.74, 6) is 0. The largest absolute Gasteiger partial charge is 0.326 e. The second kappa shape index (κ2) is 5.21. The Morgan fingerprint density at radius 2 is 1.45 bits per heavy atom. The van der Waals surface area contributed by atoms with E-state index in [9.17, 15) is 0 Å². The highest BCUT2D eigenvalue weighted by molar-refractivity contribution is 5.85. The maximum absolute atomic E-state index is 6.09. The SMILES string of the molecule is Cl.NC1CCN(C2c3ccccc3-c3ccccc32)C1. The molecule has 104 valence electrons. The van der Waals surface area contributed by atoms with E-state index in [4.69, 9.17) is 5.73 Å². The Kier molecular flexibility index (Phi) is 3.55. The van der Waals surface area contributed by atoms with E-state index < -0.39 is 0 Å². The van der Waals surface area contributed by atoms with Crippen molar-refractivity contribution in [2.75, 3.05) is 13.1 Å². The van der Waals surface area contributed by atoms with Crippen LogP contribution in [0.15, 0.2) is 48.5 Å². The van der Waals surface area contributed by atoms with Gasteiger partial charge in [-0.05, 0) is 28.7 Å². The van der Waals surface area contributed by atoms with Crippen LogP contribution in [0.3, 0.4) is 0 Å². The average molecular weight is 287 g/mol. The van der Waals surface area contributed by atoms with Gasteiger partial charge in [0, 0.05) is 19.1 Å². The molecule has 2 nitrogen and oxygen atoms in total. The summed E-state index contributed by atoms with van der Waals surface area (Å²) in [6.07, 6.45) is 1.11. The van der Waals surface area contributed by atoms with Crippen LogP contribution in [0.1, 0.15) is 23.6 Å². The normalized spacial score (nSPS) is 21.4. The lowest BCUT2D eigenvalue weighted by atomic mass is 10.0. The molecule has 1 atom stereocenters. The number of halogens is 1. The number of fused-ring (bicyclic) bond motifs is 3. The van der Waals surface area contributed by atoms with Crippen molar-refractivity contribution in [2.45, 2.75) is 18.5 Å². The average Bonchev–Trinajstić information content (AvgIpc) is 3.00. The maximum Gasteiger partial charge on any atom is 0.0614 e. The summed E-state index contributed by atoms with van der Waals surface area (Å²) in [5.41, 5.74) is 11.8. The smallest absolute Gasteiger partial charge is 0.0614 e. The minimum absolute atomic E-state index is 0. The first-order valence-electron chi connectivity index (χ1n) is 7.02. The molecular weight excluding hydrogens is 268 g/mol. The van der Waals surface area contributed by atoms with Gasteiger partial charge < -0.3 is 5.73 Å². The molecule has 20 heavy (non-hydrogen) atoms. The lowest BCUT2D eigenvalue weighted by Crippen LogP contribution is -2.29. The van der Waals surface area contributed by atoms with Crippen LogP contribution in [0, 0.1) is 0 Å². The van der Waals surface area contributed by atoms with E-state index in [2.05, 4.69) is 53.4 Å². The first-order valence-corrected chi connectivity index (χ1v) is 7.02. The van der Waals surface area contributed by atoms with Crippen LogP contribution >= 0.6 is 12.4 Å². The number of likely N-dealkylation sites (tertiary alicyclic amines) is 1. The summed E-state index contributed by atoms with van der Waals surface area (Å²) >= 11 is 0. The van der Waals surface area contributed by atoms with E-state index in [-0.39, 0.29) is 12.4 Å². The Morgan fingerprint density at radius 3 is 1.95 bits per heavy atom. The molecule has 0 aromatic heterocycles. The molecule has 0 saturated carbocycles. The Balaban J connectivity index is 0.00000121. The zero-order chi connectivity index (χ0) is 12.8. The second-order valence-electron chi connectivity index (χ2n) is 5.62. The minimum Gasteiger partial charge on any atom is -0.326 e. The summed E-state index contributed by atoms with van der Waals surface area (Å²) in [6.45, 7) is 2.11. The zero-order valence-corrected chi connectivity index (χ0v) is 12.1. The first-order chi connectivity index (χ1) is 9.34. The molecule has 1 heterocycles. The fraction of sp³-hybridized carbons (Fsp3) is 0.294. The lowest BCUT2D eigenvalue weighted by Gasteiger charge is -2.25. The molecule has 0 radical (unpaired) electrons. The monoisotopic (exact) mass is 286 g/mol. The molecule has 0 amide bonds. The molecule has 1 aliphatic carbocycles. The van der Waals surface area contributed by atoms with Crippen LogP contribution in [0.25, 0.3) is 11.1 Å². The number of rotatable bonds is 1. The van der Waals surface area contributed by atoms with Gasteiger partial charge in [-0.1, -0.05) is 48.5 Å². The van der Waals surface area contributed by atoms with Crippen molar-refractivity contribution >= 4 is 12.4 Å². The third-order valence-electron chi connectivity index (χ3n) is 4.42. The maximum atomic E-state index is 6.09. The Labute approximate surface area is 126 Å². The van der Waals surface area contributed by atoms with E-state index in [1.807, 2.05) is 0 Å². The highest BCUT2D eigenvalue weighted by Crippen LogP contribution is 2.46. The van der Waals surface area contributed by atoms with Crippen molar-refractivity contribution in [1.82, 2.24) is 4.90 Å². The predicted octanol–water partition coefficient (Wildman–Crippen LogP) is 3.21. The summed E-state index contributed by atoms with van der Waals surface area (Å²) < 4.78 is 0. The minimum atomic E-state index is 0. The highest BCUT2D eigenvalue weighted by atomic mass is 35.5. The predicted molar refractivity (Wildman–Crippen MR) is 85.1 cm³/mol. The van der Waals surface area contributed by atoms with Crippen LogP contribution in [0.4, 0.5) is 0 Å². The Morgan fingerprint density at radius 1 is 0.900 bits per heavy atom. The zero-order valence-electron chi connectivity index (χ0n) is 11.3. The van der Waals surface area contributed by atoms with Crippen molar-refractivity contribution in [2.24, 2.45) is 5.73 Å². The molecule has 1 saturated heterocycles. The number of hydrogen-bond donors (Lipinski definition) is 1. The number of benzene rings is 2. The fourth-order valence-corrected chi connectivity index (χ4v) is 3.57. The molecule has 2 aromatic rings. The molecule has 2 aliphatic rings.